The average molecular weight is 410 g/mol. The van der Waals surface area contributed by atoms with E-state index in [-0.39, 0.29) is 0 Å². The molecule has 2 aromatic carbocycles. The highest BCUT2D eigenvalue weighted by atomic mass is 32.2. The summed E-state index contributed by atoms with van der Waals surface area (Å²) in [6.45, 7) is 4.11. The van der Waals surface area contributed by atoms with E-state index >= 15 is 0 Å². The fraction of sp³-hybridized carbons (Fsp3) is 0.391. The minimum atomic E-state index is 0.589. The molecule has 0 amide bonds. The van der Waals surface area contributed by atoms with Gasteiger partial charge in [-0.1, -0.05) is 36.8 Å². The van der Waals surface area contributed by atoms with E-state index in [1.165, 1.54) is 37.9 Å². The van der Waals surface area contributed by atoms with Crippen molar-refractivity contribution in [2.75, 3.05) is 25.4 Å². The SMILES string of the molecule is c1ccc(OCCSCc2nnc(-c3ccc(CN4CCCCC4)cc3)o2)cc1. The monoisotopic (exact) mass is 409 g/mol. The quantitative estimate of drug-likeness (QED) is 0.462. The summed E-state index contributed by atoms with van der Waals surface area (Å²) < 4.78 is 11.5. The average Bonchev–Trinajstić information content (AvgIpc) is 3.24. The van der Waals surface area contributed by atoms with Crippen LogP contribution in [0.5, 0.6) is 5.75 Å². The smallest absolute Gasteiger partial charge is 0.247 e. The molecular weight excluding hydrogens is 382 g/mol. The lowest BCUT2D eigenvalue weighted by Crippen LogP contribution is -2.28. The number of hydrogen-bond acceptors (Lipinski definition) is 6. The maximum absolute atomic E-state index is 5.83. The predicted octanol–water partition coefficient (Wildman–Crippen LogP) is 5.03. The van der Waals surface area contributed by atoms with Crippen molar-refractivity contribution in [1.82, 2.24) is 15.1 Å². The van der Waals surface area contributed by atoms with Gasteiger partial charge in [0.2, 0.25) is 11.8 Å². The van der Waals surface area contributed by atoms with Crippen LogP contribution >= 0.6 is 11.8 Å². The lowest BCUT2D eigenvalue weighted by molar-refractivity contribution is 0.221. The molecular formula is C23H27N3O2S. The van der Waals surface area contributed by atoms with E-state index < -0.39 is 0 Å². The molecule has 1 saturated heterocycles. The molecule has 0 spiro atoms. The van der Waals surface area contributed by atoms with Gasteiger partial charge in [-0.25, -0.2) is 0 Å². The Morgan fingerprint density at radius 2 is 1.72 bits per heavy atom. The zero-order chi connectivity index (χ0) is 19.7. The van der Waals surface area contributed by atoms with E-state index in [0.717, 1.165) is 23.6 Å². The summed E-state index contributed by atoms with van der Waals surface area (Å²) in [6.07, 6.45) is 4.01. The number of likely N-dealkylation sites (tertiary alicyclic amines) is 1. The lowest BCUT2D eigenvalue weighted by Gasteiger charge is -2.26. The third kappa shape index (κ3) is 6.08. The van der Waals surface area contributed by atoms with Crippen molar-refractivity contribution < 1.29 is 9.15 Å². The van der Waals surface area contributed by atoms with Crippen LogP contribution in [0.15, 0.2) is 59.0 Å². The zero-order valence-corrected chi connectivity index (χ0v) is 17.4. The van der Waals surface area contributed by atoms with Crippen LogP contribution in [0.25, 0.3) is 11.5 Å². The minimum Gasteiger partial charge on any atom is -0.493 e. The summed E-state index contributed by atoms with van der Waals surface area (Å²) in [5, 5.41) is 8.38. The van der Waals surface area contributed by atoms with Crippen LogP contribution in [0.1, 0.15) is 30.7 Å². The number of thioether (sulfide) groups is 1. The van der Waals surface area contributed by atoms with Crippen LogP contribution in [0.2, 0.25) is 0 Å². The molecule has 152 valence electrons. The highest BCUT2D eigenvalue weighted by Crippen LogP contribution is 2.22. The first-order chi connectivity index (χ1) is 14.4. The Kier molecular flexibility index (Phi) is 7.21. The Hall–Kier alpha value is -2.31. The molecule has 0 atom stereocenters. The third-order valence-corrected chi connectivity index (χ3v) is 5.89. The zero-order valence-electron chi connectivity index (χ0n) is 16.6. The van der Waals surface area contributed by atoms with Crippen molar-refractivity contribution in [3.8, 4) is 17.2 Å². The van der Waals surface area contributed by atoms with Crippen LogP contribution < -0.4 is 4.74 Å². The summed E-state index contributed by atoms with van der Waals surface area (Å²) in [6, 6.07) is 18.4. The van der Waals surface area contributed by atoms with Crippen LogP contribution in [-0.4, -0.2) is 40.5 Å². The van der Waals surface area contributed by atoms with Crippen LogP contribution in [0.3, 0.4) is 0 Å². The molecule has 0 saturated carbocycles. The van der Waals surface area contributed by atoms with Crippen molar-refractivity contribution in [2.45, 2.75) is 31.6 Å². The second kappa shape index (κ2) is 10.5. The number of ether oxygens (including phenoxy) is 1. The third-order valence-electron chi connectivity index (χ3n) is 4.99. The number of piperidine rings is 1. The summed E-state index contributed by atoms with van der Waals surface area (Å²) in [5.41, 5.74) is 2.31. The van der Waals surface area contributed by atoms with E-state index in [1.54, 1.807) is 11.8 Å². The Labute approximate surface area is 176 Å². The lowest BCUT2D eigenvalue weighted by atomic mass is 10.1. The number of para-hydroxylation sites is 1. The molecule has 0 N–H and O–H groups in total. The molecule has 1 fully saturated rings. The number of hydrogen-bond donors (Lipinski definition) is 0. The first-order valence-corrected chi connectivity index (χ1v) is 11.4. The van der Waals surface area contributed by atoms with E-state index in [2.05, 4.69) is 39.4 Å². The van der Waals surface area contributed by atoms with Crippen LogP contribution in [0.4, 0.5) is 0 Å². The molecule has 0 radical (unpaired) electrons. The second-order valence-electron chi connectivity index (χ2n) is 7.25. The van der Waals surface area contributed by atoms with Gasteiger partial charge in [-0.05, 0) is 55.8 Å². The first-order valence-electron chi connectivity index (χ1n) is 10.3. The number of aromatic nitrogens is 2. The highest BCUT2D eigenvalue weighted by Gasteiger charge is 2.12. The van der Waals surface area contributed by atoms with Gasteiger partial charge >= 0.3 is 0 Å². The molecule has 1 aromatic heterocycles. The van der Waals surface area contributed by atoms with Gasteiger partial charge in [-0.2, -0.15) is 0 Å². The van der Waals surface area contributed by atoms with Gasteiger partial charge in [0, 0.05) is 17.9 Å². The summed E-state index contributed by atoms with van der Waals surface area (Å²) in [4.78, 5) is 2.53. The molecule has 4 rings (SSSR count). The summed E-state index contributed by atoms with van der Waals surface area (Å²) >= 11 is 1.73. The maximum Gasteiger partial charge on any atom is 0.247 e. The standard InChI is InChI=1S/C23H27N3O2S/c1-3-7-21(8-4-1)27-15-16-29-18-22-24-25-23(28-22)20-11-9-19(10-12-20)17-26-13-5-2-6-14-26/h1,3-4,7-12H,2,5-6,13-18H2. The van der Waals surface area contributed by atoms with Crippen molar-refractivity contribution in [2.24, 2.45) is 0 Å². The Morgan fingerprint density at radius 1 is 0.931 bits per heavy atom. The van der Waals surface area contributed by atoms with Gasteiger partial charge in [0.15, 0.2) is 0 Å². The molecule has 1 aliphatic rings. The Balaban J connectivity index is 1.22. The highest BCUT2D eigenvalue weighted by molar-refractivity contribution is 7.98. The van der Waals surface area contributed by atoms with Crippen molar-refractivity contribution >= 4 is 11.8 Å². The van der Waals surface area contributed by atoms with Gasteiger partial charge in [-0.15, -0.1) is 22.0 Å². The minimum absolute atomic E-state index is 0.589. The van der Waals surface area contributed by atoms with Gasteiger partial charge in [-0.3, -0.25) is 4.90 Å². The molecule has 1 aliphatic heterocycles. The molecule has 0 bridgehead atoms. The predicted molar refractivity (Wildman–Crippen MR) is 117 cm³/mol. The fourth-order valence-corrected chi connectivity index (χ4v) is 4.09. The van der Waals surface area contributed by atoms with Gasteiger partial charge < -0.3 is 9.15 Å². The van der Waals surface area contributed by atoms with Crippen LogP contribution in [-0.2, 0) is 12.3 Å². The Morgan fingerprint density at radius 3 is 2.52 bits per heavy atom. The number of nitrogens with zero attached hydrogens (tertiary/aromatic N) is 3. The molecule has 3 aromatic rings. The van der Waals surface area contributed by atoms with E-state index in [4.69, 9.17) is 9.15 Å². The maximum atomic E-state index is 5.83. The fourth-order valence-electron chi connectivity index (χ4n) is 3.45. The molecule has 0 unspecified atom stereocenters. The topological polar surface area (TPSA) is 51.4 Å². The van der Waals surface area contributed by atoms with E-state index in [0.29, 0.717) is 24.1 Å². The summed E-state index contributed by atoms with van der Waals surface area (Å²) in [5.74, 6) is 3.71. The first kappa shape index (κ1) is 20.0. The molecule has 5 nitrogen and oxygen atoms in total. The Bertz CT molecular complexity index is 861. The summed E-state index contributed by atoms with van der Waals surface area (Å²) in [7, 11) is 0. The molecule has 2 heterocycles. The normalized spacial score (nSPS) is 14.8. The van der Waals surface area contributed by atoms with Crippen molar-refractivity contribution in [3.05, 3.63) is 66.1 Å². The van der Waals surface area contributed by atoms with Crippen molar-refractivity contribution in [3.63, 3.8) is 0 Å². The van der Waals surface area contributed by atoms with Gasteiger partial charge in [0.05, 0.1) is 12.4 Å². The van der Waals surface area contributed by atoms with E-state index in [1.807, 2.05) is 30.3 Å². The van der Waals surface area contributed by atoms with Gasteiger partial charge in [0.1, 0.15) is 5.75 Å². The second-order valence-corrected chi connectivity index (χ2v) is 8.35. The molecule has 29 heavy (non-hydrogen) atoms. The molecule has 6 heteroatoms. The largest absolute Gasteiger partial charge is 0.493 e. The van der Waals surface area contributed by atoms with E-state index in [9.17, 15) is 0 Å². The molecule has 0 aliphatic carbocycles. The van der Waals surface area contributed by atoms with Crippen molar-refractivity contribution in [1.29, 1.82) is 0 Å². The number of benzene rings is 2. The van der Waals surface area contributed by atoms with Gasteiger partial charge in [0.25, 0.3) is 0 Å². The number of rotatable bonds is 9. The van der Waals surface area contributed by atoms with Crippen LogP contribution in [0, 0.1) is 0 Å².